The Morgan fingerprint density at radius 3 is 2.44 bits per heavy atom. The number of carbonyl (C=O) groups excluding carboxylic acids is 1. The Morgan fingerprint density at radius 2 is 2.06 bits per heavy atom. The summed E-state index contributed by atoms with van der Waals surface area (Å²) in [4.78, 5) is 22.6. The zero-order valence-electron chi connectivity index (χ0n) is 9.19. The maximum Gasteiger partial charge on any atom is 0.319 e. The van der Waals surface area contributed by atoms with Crippen LogP contribution in [-0.2, 0) is 9.59 Å². The third kappa shape index (κ3) is 2.39. The van der Waals surface area contributed by atoms with Gasteiger partial charge in [0.05, 0.1) is 0 Å². The number of carboxylic acid groups (broad SMARTS) is 1. The van der Waals surface area contributed by atoms with Gasteiger partial charge < -0.3 is 10.4 Å². The van der Waals surface area contributed by atoms with Gasteiger partial charge in [-0.1, -0.05) is 18.7 Å². The summed E-state index contributed by atoms with van der Waals surface area (Å²) < 4.78 is 0. The van der Waals surface area contributed by atoms with Gasteiger partial charge >= 0.3 is 5.97 Å². The molecule has 2 N–H and O–H groups in total. The predicted octanol–water partition coefficient (Wildman–Crippen LogP) is 1.61. The number of hydrogen-bond acceptors (Lipinski definition) is 2. The monoisotopic (exact) mass is 221 g/mol. The van der Waals surface area contributed by atoms with Crippen molar-refractivity contribution in [2.75, 3.05) is 0 Å². The molecule has 1 fully saturated rings. The lowest BCUT2D eigenvalue weighted by molar-refractivity contribution is -0.148. The van der Waals surface area contributed by atoms with Crippen molar-refractivity contribution in [3.8, 4) is 0 Å². The summed E-state index contributed by atoms with van der Waals surface area (Å²) in [7, 11) is 0. The van der Waals surface area contributed by atoms with E-state index >= 15 is 0 Å². The Hall–Kier alpha value is -1.84. The van der Waals surface area contributed by atoms with E-state index in [1.807, 2.05) is 6.92 Å². The zero-order chi connectivity index (χ0) is 12.2. The highest BCUT2D eigenvalue weighted by Gasteiger charge is 2.57. The van der Waals surface area contributed by atoms with Gasteiger partial charge in [-0.2, -0.15) is 0 Å². The number of carbonyl (C=O) groups is 2. The van der Waals surface area contributed by atoms with Gasteiger partial charge in [-0.15, -0.1) is 0 Å². The minimum absolute atomic E-state index is 0.405. The lowest BCUT2D eigenvalue weighted by Crippen LogP contribution is -2.36. The highest BCUT2D eigenvalue weighted by Crippen LogP contribution is 2.46. The molecule has 0 aromatic carbocycles. The molecule has 0 aliphatic heterocycles. The normalized spacial score (nSPS) is 18.2. The van der Waals surface area contributed by atoms with Gasteiger partial charge in [-0.25, -0.2) is 0 Å². The molecule has 1 amide bonds. The fourth-order valence-corrected chi connectivity index (χ4v) is 1.27. The summed E-state index contributed by atoms with van der Waals surface area (Å²) in [5.41, 5.74) is -0.700. The molecule has 0 spiro atoms. The number of amides is 1. The minimum atomic E-state index is -1.21. The van der Waals surface area contributed by atoms with Gasteiger partial charge in [0.1, 0.15) is 5.41 Å². The number of hydrogen-bond donors (Lipinski definition) is 2. The molecule has 0 saturated heterocycles. The van der Waals surface area contributed by atoms with E-state index in [4.69, 9.17) is 5.11 Å². The van der Waals surface area contributed by atoms with Gasteiger partial charge in [-0.05, 0) is 31.9 Å². The third-order valence-corrected chi connectivity index (χ3v) is 2.54. The SMILES string of the molecule is C=C/C(=C\C=C/C)NC(=O)C1(C(=O)O)CC1. The fraction of sp³-hybridized carbons (Fsp3) is 0.333. The summed E-state index contributed by atoms with van der Waals surface area (Å²) in [6.07, 6.45) is 7.51. The predicted molar refractivity (Wildman–Crippen MR) is 60.5 cm³/mol. The van der Waals surface area contributed by atoms with E-state index in [0.29, 0.717) is 18.5 Å². The maximum absolute atomic E-state index is 11.7. The third-order valence-electron chi connectivity index (χ3n) is 2.54. The van der Waals surface area contributed by atoms with Gasteiger partial charge in [0.15, 0.2) is 0 Å². The second kappa shape index (κ2) is 4.79. The van der Waals surface area contributed by atoms with Crippen molar-refractivity contribution in [3.63, 3.8) is 0 Å². The van der Waals surface area contributed by atoms with Crippen molar-refractivity contribution in [2.45, 2.75) is 19.8 Å². The van der Waals surface area contributed by atoms with Crippen LogP contribution in [0.4, 0.5) is 0 Å². The van der Waals surface area contributed by atoms with Crippen LogP contribution in [0.25, 0.3) is 0 Å². The molecule has 0 bridgehead atoms. The van der Waals surface area contributed by atoms with Crippen molar-refractivity contribution in [2.24, 2.45) is 5.41 Å². The second-order valence-corrected chi connectivity index (χ2v) is 3.69. The van der Waals surface area contributed by atoms with Crippen molar-refractivity contribution in [1.29, 1.82) is 0 Å². The van der Waals surface area contributed by atoms with E-state index in [0.717, 1.165) is 0 Å². The molecule has 1 rings (SSSR count). The summed E-state index contributed by atoms with van der Waals surface area (Å²) in [6.45, 7) is 5.40. The zero-order valence-corrected chi connectivity index (χ0v) is 9.19. The first kappa shape index (κ1) is 12.2. The first-order valence-corrected chi connectivity index (χ1v) is 5.07. The molecule has 0 heterocycles. The minimum Gasteiger partial charge on any atom is -0.480 e. The summed E-state index contributed by atoms with van der Waals surface area (Å²) in [5.74, 6) is -1.52. The molecule has 0 atom stereocenters. The molecule has 0 aromatic heterocycles. The Labute approximate surface area is 94.3 Å². The second-order valence-electron chi connectivity index (χ2n) is 3.69. The number of allylic oxidation sites excluding steroid dienone is 4. The lowest BCUT2D eigenvalue weighted by atomic mass is 10.1. The van der Waals surface area contributed by atoms with Crippen LogP contribution >= 0.6 is 0 Å². The van der Waals surface area contributed by atoms with E-state index in [9.17, 15) is 9.59 Å². The van der Waals surface area contributed by atoms with E-state index in [1.165, 1.54) is 6.08 Å². The van der Waals surface area contributed by atoms with Crippen LogP contribution in [0.3, 0.4) is 0 Å². The largest absolute Gasteiger partial charge is 0.480 e. The Kier molecular flexibility index (Phi) is 3.66. The van der Waals surface area contributed by atoms with Gasteiger partial charge in [0.2, 0.25) is 5.91 Å². The summed E-state index contributed by atoms with van der Waals surface area (Å²) >= 11 is 0. The standard InChI is InChI=1S/C12H15NO3/c1-3-5-6-9(4-2)13-10(14)12(7-8-12)11(15)16/h3-6H,2,7-8H2,1H3,(H,13,14)(H,15,16)/b5-3-,9-6+. The first-order valence-electron chi connectivity index (χ1n) is 5.07. The summed E-state index contributed by atoms with van der Waals surface area (Å²) in [6, 6.07) is 0. The van der Waals surface area contributed by atoms with Crippen molar-refractivity contribution in [3.05, 3.63) is 36.6 Å². The average molecular weight is 221 g/mol. The van der Waals surface area contributed by atoms with Crippen molar-refractivity contribution < 1.29 is 14.7 Å². The van der Waals surface area contributed by atoms with Gasteiger partial charge in [-0.3, -0.25) is 9.59 Å². The molecule has 86 valence electrons. The van der Waals surface area contributed by atoms with Crippen LogP contribution in [0.5, 0.6) is 0 Å². The van der Waals surface area contributed by atoms with Crippen LogP contribution in [-0.4, -0.2) is 17.0 Å². The Bertz CT molecular complexity index is 376. The van der Waals surface area contributed by atoms with Gasteiger partial charge in [0, 0.05) is 5.70 Å². The Balaban J connectivity index is 2.70. The number of nitrogens with one attached hydrogen (secondary N) is 1. The van der Waals surface area contributed by atoms with Crippen LogP contribution in [0.2, 0.25) is 0 Å². The fourth-order valence-electron chi connectivity index (χ4n) is 1.27. The Morgan fingerprint density at radius 1 is 1.44 bits per heavy atom. The van der Waals surface area contributed by atoms with Crippen LogP contribution in [0.1, 0.15) is 19.8 Å². The smallest absolute Gasteiger partial charge is 0.319 e. The van der Waals surface area contributed by atoms with E-state index in [1.54, 1.807) is 18.2 Å². The highest BCUT2D eigenvalue weighted by atomic mass is 16.4. The molecule has 0 aromatic rings. The molecule has 1 aliphatic carbocycles. The molecular formula is C12H15NO3. The molecule has 16 heavy (non-hydrogen) atoms. The molecular weight excluding hydrogens is 206 g/mol. The molecule has 0 radical (unpaired) electrons. The maximum atomic E-state index is 11.7. The average Bonchev–Trinajstić information content (AvgIpc) is 3.04. The van der Waals surface area contributed by atoms with Crippen LogP contribution < -0.4 is 5.32 Å². The number of rotatable bonds is 5. The van der Waals surface area contributed by atoms with Crippen molar-refractivity contribution >= 4 is 11.9 Å². The molecule has 0 unspecified atom stereocenters. The van der Waals surface area contributed by atoms with E-state index in [2.05, 4.69) is 11.9 Å². The topological polar surface area (TPSA) is 66.4 Å². The summed E-state index contributed by atoms with van der Waals surface area (Å²) in [5, 5.41) is 11.5. The first-order chi connectivity index (χ1) is 7.56. The molecule has 1 saturated carbocycles. The van der Waals surface area contributed by atoms with E-state index in [-0.39, 0.29) is 0 Å². The molecule has 4 heteroatoms. The number of aliphatic carboxylic acids is 1. The quantitative estimate of drug-likeness (QED) is 0.547. The molecule has 1 aliphatic rings. The van der Waals surface area contributed by atoms with Gasteiger partial charge in [0.25, 0.3) is 0 Å². The van der Waals surface area contributed by atoms with E-state index < -0.39 is 17.3 Å². The van der Waals surface area contributed by atoms with Crippen LogP contribution in [0, 0.1) is 5.41 Å². The van der Waals surface area contributed by atoms with Crippen molar-refractivity contribution in [1.82, 2.24) is 5.32 Å². The van der Waals surface area contributed by atoms with Crippen LogP contribution in [0.15, 0.2) is 36.6 Å². The lowest BCUT2D eigenvalue weighted by Gasteiger charge is -2.10. The number of carboxylic acids is 1. The highest BCUT2D eigenvalue weighted by molar-refractivity contribution is 6.05. The molecule has 4 nitrogen and oxygen atoms in total.